The molecule has 0 bridgehead atoms. The highest BCUT2D eigenvalue weighted by Gasteiger charge is 2.43. The molecule has 12 heteroatoms. The summed E-state index contributed by atoms with van der Waals surface area (Å²) in [5.74, 6) is 7.23. The van der Waals surface area contributed by atoms with Crippen LogP contribution in [-0.2, 0) is 11.8 Å². The molecule has 1 amide bonds. The van der Waals surface area contributed by atoms with E-state index in [1.54, 1.807) is 27.1 Å². The molecule has 1 fully saturated rings. The fourth-order valence-electron chi connectivity index (χ4n) is 5.97. The number of rotatable bonds is 5. The van der Waals surface area contributed by atoms with E-state index in [9.17, 15) is 14.4 Å². The summed E-state index contributed by atoms with van der Waals surface area (Å²) in [6, 6.07) is 8.88. The molecule has 0 saturated carbocycles. The number of hydrogen-bond acceptors (Lipinski definition) is 9. The lowest BCUT2D eigenvalue weighted by Crippen LogP contribution is -2.60. The van der Waals surface area contributed by atoms with Crippen LogP contribution in [0.5, 0.6) is 5.75 Å². The molecular weight excluding hydrogens is 550 g/mol. The first-order valence-electron chi connectivity index (χ1n) is 14.4. The van der Waals surface area contributed by atoms with Gasteiger partial charge in [0.05, 0.1) is 19.2 Å². The molecule has 1 unspecified atom stereocenters. The third-order valence-corrected chi connectivity index (χ3v) is 7.70. The lowest BCUT2D eigenvalue weighted by molar-refractivity contribution is 0.0456. The maximum atomic E-state index is 14.3. The van der Waals surface area contributed by atoms with E-state index in [0.717, 1.165) is 29.3 Å². The number of aromatic nitrogens is 3. The summed E-state index contributed by atoms with van der Waals surface area (Å²) >= 11 is 0. The van der Waals surface area contributed by atoms with Gasteiger partial charge in [-0.05, 0) is 52.7 Å². The van der Waals surface area contributed by atoms with Crippen LogP contribution in [0.15, 0.2) is 39.9 Å². The molecule has 0 radical (unpaired) electrons. The number of para-hydroxylation sites is 1. The smallest absolute Gasteiger partial charge is 0.407 e. The largest absolute Gasteiger partial charge is 0.496 e. The Hall–Kier alpha value is -4.50. The standard InChI is InChI=1S/C31H39N7O5/c1-8-9-17-37-25-26(34(5)29(37)36-16-12-13-20(19-36)32-28(40)43-31(2,3)4)35(6)30(41)38(27(25)39)24-18-23(42-7)21-14-10-11-15-22(21)33-24/h10-11,14-15,18,20,29H,12-13,16-17,19H2,1-7H3,(H,32,40)/t20-,29?/m1/s1. The number of ether oxygens (including phenoxy) is 2. The van der Waals surface area contributed by atoms with Gasteiger partial charge in [0.1, 0.15) is 28.7 Å². The molecular formula is C31H39N7O5. The van der Waals surface area contributed by atoms with Crippen molar-refractivity contribution in [2.45, 2.75) is 58.5 Å². The first-order chi connectivity index (χ1) is 20.4. The van der Waals surface area contributed by atoms with Crippen molar-refractivity contribution in [3.8, 4) is 23.4 Å². The van der Waals surface area contributed by atoms with Crippen molar-refractivity contribution in [2.24, 2.45) is 7.05 Å². The van der Waals surface area contributed by atoms with Crippen LogP contribution in [0.3, 0.4) is 0 Å². The predicted octanol–water partition coefficient (Wildman–Crippen LogP) is 2.65. The average Bonchev–Trinajstić information content (AvgIpc) is 3.25. The van der Waals surface area contributed by atoms with Crippen LogP contribution >= 0.6 is 0 Å². The summed E-state index contributed by atoms with van der Waals surface area (Å²) in [6.45, 7) is 8.77. The van der Waals surface area contributed by atoms with E-state index in [2.05, 4.69) is 27.0 Å². The number of fused-ring (bicyclic) bond motifs is 2. The van der Waals surface area contributed by atoms with E-state index in [4.69, 9.17) is 9.47 Å². The second-order valence-electron chi connectivity index (χ2n) is 11.8. The maximum Gasteiger partial charge on any atom is 0.407 e. The summed E-state index contributed by atoms with van der Waals surface area (Å²) in [7, 11) is 5.07. The highest BCUT2D eigenvalue weighted by molar-refractivity contribution is 5.86. The minimum Gasteiger partial charge on any atom is -0.496 e. The lowest BCUT2D eigenvalue weighted by Gasteiger charge is -2.42. The molecule has 4 heterocycles. The van der Waals surface area contributed by atoms with Gasteiger partial charge in [-0.15, -0.1) is 5.92 Å². The van der Waals surface area contributed by atoms with Crippen molar-refractivity contribution < 1.29 is 14.3 Å². The summed E-state index contributed by atoms with van der Waals surface area (Å²) in [5, 5.41) is 3.78. The summed E-state index contributed by atoms with van der Waals surface area (Å²) < 4.78 is 13.7. The number of anilines is 2. The molecule has 43 heavy (non-hydrogen) atoms. The minimum absolute atomic E-state index is 0.144. The molecule has 1 N–H and O–H groups in total. The van der Waals surface area contributed by atoms with Gasteiger partial charge in [-0.2, -0.15) is 0 Å². The molecule has 2 aliphatic heterocycles. The molecule has 5 rings (SSSR count). The molecule has 1 aromatic carbocycles. The molecule has 2 aromatic heterocycles. The van der Waals surface area contributed by atoms with Crippen molar-refractivity contribution in [3.63, 3.8) is 0 Å². The number of hydrogen-bond donors (Lipinski definition) is 1. The second-order valence-corrected chi connectivity index (χ2v) is 11.8. The van der Waals surface area contributed by atoms with Crippen molar-refractivity contribution in [2.75, 3.05) is 43.6 Å². The first kappa shape index (κ1) is 30.0. The van der Waals surface area contributed by atoms with Crippen LogP contribution in [0.2, 0.25) is 0 Å². The highest BCUT2D eigenvalue weighted by Crippen LogP contribution is 2.37. The number of alkyl carbamates (subject to hydrolysis) is 1. The number of carbonyl (C=O) groups excluding carboxylic acids is 1. The number of pyridine rings is 1. The van der Waals surface area contributed by atoms with E-state index in [1.165, 1.54) is 4.57 Å². The van der Waals surface area contributed by atoms with E-state index in [0.29, 0.717) is 29.3 Å². The molecule has 2 aliphatic rings. The molecule has 0 aliphatic carbocycles. The highest BCUT2D eigenvalue weighted by atomic mass is 16.6. The molecule has 3 aromatic rings. The van der Waals surface area contributed by atoms with Gasteiger partial charge in [-0.1, -0.05) is 18.1 Å². The van der Waals surface area contributed by atoms with Crippen LogP contribution in [0, 0.1) is 11.8 Å². The number of nitrogens with one attached hydrogen (secondary N) is 1. The number of nitrogens with zero attached hydrogens (tertiary/aromatic N) is 6. The first-order valence-corrected chi connectivity index (χ1v) is 14.4. The van der Waals surface area contributed by atoms with Gasteiger partial charge >= 0.3 is 11.8 Å². The molecule has 228 valence electrons. The average molecular weight is 590 g/mol. The molecule has 12 nitrogen and oxygen atoms in total. The normalized spacial score (nSPS) is 18.7. The maximum absolute atomic E-state index is 14.3. The van der Waals surface area contributed by atoms with Crippen molar-refractivity contribution in [1.29, 1.82) is 0 Å². The van der Waals surface area contributed by atoms with Crippen LogP contribution in [0.4, 0.5) is 16.3 Å². The Morgan fingerprint density at radius 1 is 1.19 bits per heavy atom. The number of methoxy groups -OCH3 is 1. The Kier molecular flexibility index (Phi) is 8.12. The van der Waals surface area contributed by atoms with E-state index < -0.39 is 29.2 Å². The van der Waals surface area contributed by atoms with E-state index >= 15 is 0 Å². The van der Waals surface area contributed by atoms with Crippen molar-refractivity contribution in [1.82, 2.24) is 24.3 Å². The van der Waals surface area contributed by atoms with Gasteiger partial charge in [0.25, 0.3) is 5.56 Å². The number of carbonyl (C=O) groups is 1. The van der Waals surface area contributed by atoms with E-state index in [1.807, 2.05) is 61.9 Å². The zero-order valence-corrected chi connectivity index (χ0v) is 25.8. The number of amides is 1. The molecule has 0 spiro atoms. The van der Waals surface area contributed by atoms with Crippen molar-refractivity contribution in [3.05, 3.63) is 51.2 Å². The third-order valence-electron chi connectivity index (χ3n) is 7.70. The molecule has 2 atom stereocenters. The summed E-state index contributed by atoms with van der Waals surface area (Å²) in [4.78, 5) is 51.4. The minimum atomic E-state index is -0.601. The zero-order valence-electron chi connectivity index (χ0n) is 25.8. The Bertz CT molecular complexity index is 1730. The van der Waals surface area contributed by atoms with Crippen molar-refractivity contribution >= 4 is 28.5 Å². The van der Waals surface area contributed by atoms with Gasteiger partial charge in [0, 0.05) is 44.7 Å². The monoisotopic (exact) mass is 589 g/mol. The Labute approximate surface area is 250 Å². The van der Waals surface area contributed by atoms with Crippen LogP contribution in [0.25, 0.3) is 16.7 Å². The summed E-state index contributed by atoms with van der Waals surface area (Å²) in [6.07, 6.45) is 0.764. The molecule has 1 saturated heterocycles. The quantitative estimate of drug-likeness (QED) is 0.449. The second kappa shape index (κ2) is 11.6. The van der Waals surface area contributed by atoms with Crippen LogP contribution < -0.4 is 31.1 Å². The Morgan fingerprint density at radius 3 is 2.63 bits per heavy atom. The zero-order chi connectivity index (χ0) is 31.1. The fraction of sp³-hybridized carbons (Fsp3) is 0.484. The van der Waals surface area contributed by atoms with E-state index in [-0.39, 0.29) is 18.4 Å². The van der Waals surface area contributed by atoms with Crippen LogP contribution in [-0.4, -0.2) is 76.8 Å². The SMILES string of the molecule is CC#CCN1c2c(n(C)c(=O)n(-c3cc(OC)c4ccccc4n3)c2=O)N(C)C1N1CCC[C@@H](NC(=O)OC(C)(C)C)C1. The van der Waals surface area contributed by atoms with Gasteiger partial charge < -0.3 is 24.6 Å². The number of likely N-dealkylation sites (tertiary alicyclic amines) is 1. The number of benzene rings is 1. The van der Waals surface area contributed by atoms with Gasteiger partial charge in [0.2, 0.25) is 0 Å². The predicted molar refractivity (Wildman–Crippen MR) is 166 cm³/mol. The lowest BCUT2D eigenvalue weighted by atomic mass is 10.1. The van der Waals surface area contributed by atoms with Gasteiger partial charge in [0.15, 0.2) is 6.29 Å². The topological polar surface area (TPSA) is 114 Å². The fourth-order valence-corrected chi connectivity index (χ4v) is 5.97. The Morgan fingerprint density at radius 2 is 1.93 bits per heavy atom. The van der Waals surface area contributed by atoms with Gasteiger partial charge in [-0.3, -0.25) is 14.3 Å². The van der Waals surface area contributed by atoms with Gasteiger partial charge in [-0.25, -0.2) is 19.1 Å². The number of piperidine rings is 1. The third kappa shape index (κ3) is 5.64. The Balaban J connectivity index is 1.57. The van der Waals surface area contributed by atoms with Crippen LogP contribution in [0.1, 0.15) is 40.5 Å². The summed E-state index contributed by atoms with van der Waals surface area (Å²) in [5.41, 5.74) is -0.655.